The van der Waals surface area contributed by atoms with E-state index in [0.717, 1.165) is 0 Å². The molecule has 0 fully saturated rings. The Bertz CT molecular complexity index is 305. The van der Waals surface area contributed by atoms with Gasteiger partial charge in [-0.3, -0.25) is 9.59 Å². The molecule has 0 aliphatic heterocycles. The van der Waals surface area contributed by atoms with E-state index in [4.69, 9.17) is 5.11 Å². The fourth-order valence-corrected chi connectivity index (χ4v) is 0.807. The Hall–Kier alpha value is -1.78. The van der Waals surface area contributed by atoms with Gasteiger partial charge in [-0.25, -0.2) is 0 Å². The van der Waals surface area contributed by atoms with Crippen LogP contribution in [0.1, 0.15) is 17.3 Å². The normalized spacial score (nSPS) is 12.1. The van der Waals surface area contributed by atoms with E-state index in [2.05, 4.69) is 10.3 Å². The van der Waals surface area contributed by atoms with Crippen molar-refractivity contribution >= 4 is 11.9 Å². The first-order valence-corrected chi connectivity index (χ1v) is 3.77. The van der Waals surface area contributed by atoms with Crippen LogP contribution in [0.5, 0.6) is 0 Å². The van der Waals surface area contributed by atoms with Gasteiger partial charge in [0.15, 0.2) is 0 Å². The molecule has 1 heterocycles. The van der Waals surface area contributed by atoms with E-state index in [1.54, 1.807) is 12.3 Å². The molecule has 70 valence electrons. The number of aromatic nitrogens is 1. The van der Waals surface area contributed by atoms with Gasteiger partial charge in [-0.05, 0) is 13.0 Å². The highest BCUT2D eigenvalue weighted by Gasteiger charge is 2.14. The van der Waals surface area contributed by atoms with Crippen LogP contribution in [-0.2, 0) is 4.79 Å². The third-order valence-electron chi connectivity index (χ3n) is 1.58. The minimum absolute atomic E-state index is 0.392. The minimum Gasteiger partial charge on any atom is -0.480 e. The molecule has 3 N–H and O–H groups in total. The van der Waals surface area contributed by atoms with Crippen molar-refractivity contribution < 1.29 is 14.7 Å². The average molecular weight is 182 g/mol. The van der Waals surface area contributed by atoms with Gasteiger partial charge < -0.3 is 15.4 Å². The molecule has 0 aliphatic rings. The first kappa shape index (κ1) is 9.31. The largest absolute Gasteiger partial charge is 0.480 e. The van der Waals surface area contributed by atoms with Crippen LogP contribution >= 0.6 is 0 Å². The maximum absolute atomic E-state index is 11.2. The van der Waals surface area contributed by atoms with Gasteiger partial charge in [-0.15, -0.1) is 0 Å². The van der Waals surface area contributed by atoms with Crippen LogP contribution < -0.4 is 5.32 Å². The molecule has 0 spiro atoms. The molecular formula is C8H10N2O3. The second-order valence-electron chi connectivity index (χ2n) is 2.63. The van der Waals surface area contributed by atoms with E-state index >= 15 is 0 Å². The Labute approximate surface area is 74.8 Å². The van der Waals surface area contributed by atoms with Gasteiger partial charge in [0, 0.05) is 12.4 Å². The highest BCUT2D eigenvalue weighted by Crippen LogP contribution is 1.96. The summed E-state index contributed by atoms with van der Waals surface area (Å²) in [5, 5.41) is 10.8. The number of carbonyl (C=O) groups is 2. The lowest BCUT2D eigenvalue weighted by atomic mass is 10.3. The number of nitrogens with one attached hydrogen (secondary N) is 2. The fourth-order valence-electron chi connectivity index (χ4n) is 0.807. The summed E-state index contributed by atoms with van der Waals surface area (Å²) >= 11 is 0. The molecule has 5 nitrogen and oxygen atoms in total. The maximum Gasteiger partial charge on any atom is 0.325 e. The first-order valence-electron chi connectivity index (χ1n) is 3.77. The van der Waals surface area contributed by atoms with Gasteiger partial charge in [0.25, 0.3) is 5.91 Å². The van der Waals surface area contributed by atoms with Crippen molar-refractivity contribution in [3.63, 3.8) is 0 Å². The standard InChI is InChI=1S/C8H10N2O3/c1-5(8(12)13)10-7(11)6-2-3-9-4-6/h2-5,9H,1H3,(H,10,11)(H,12,13)/t5-/m1/s1. The Kier molecular flexibility index (Phi) is 2.69. The van der Waals surface area contributed by atoms with E-state index in [1.165, 1.54) is 13.1 Å². The van der Waals surface area contributed by atoms with E-state index in [0.29, 0.717) is 5.56 Å². The monoisotopic (exact) mass is 182 g/mol. The Morgan fingerprint density at radius 3 is 2.77 bits per heavy atom. The molecule has 0 saturated heterocycles. The third kappa shape index (κ3) is 2.33. The zero-order valence-corrected chi connectivity index (χ0v) is 7.07. The first-order chi connectivity index (χ1) is 6.11. The summed E-state index contributed by atoms with van der Waals surface area (Å²) in [4.78, 5) is 24.3. The molecule has 0 aliphatic carbocycles. The van der Waals surface area contributed by atoms with E-state index in [1.807, 2.05) is 0 Å². The van der Waals surface area contributed by atoms with Crippen molar-refractivity contribution in [1.82, 2.24) is 10.3 Å². The summed E-state index contributed by atoms with van der Waals surface area (Å²) in [5.74, 6) is -1.44. The second-order valence-corrected chi connectivity index (χ2v) is 2.63. The van der Waals surface area contributed by atoms with Gasteiger partial charge >= 0.3 is 5.97 Å². The van der Waals surface area contributed by atoms with Crippen molar-refractivity contribution in [3.05, 3.63) is 24.0 Å². The highest BCUT2D eigenvalue weighted by molar-refractivity contribution is 5.96. The van der Waals surface area contributed by atoms with Crippen LogP contribution in [0.4, 0.5) is 0 Å². The molecule has 0 aromatic carbocycles. The van der Waals surface area contributed by atoms with E-state index < -0.39 is 17.9 Å². The molecule has 0 radical (unpaired) electrons. The van der Waals surface area contributed by atoms with Crippen molar-refractivity contribution in [3.8, 4) is 0 Å². The molecule has 1 rings (SSSR count). The van der Waals surface area contributed by atoms with Gasteiger partial charge in [0.1, 0.15) is 6.04 Å². The minimum atomic E-state index is -1.05. The summed E-state index contributed by atoms with van der Waals surface area (Å²) in [6.45, 7) is 1.41. The molecule has 1 aromatic heterocycles. The van der Waals surface area contributed by atoms with E-state index in [9.17, 15) is 9.59 Å². The quantitative estimate of drug-likeness (QED) is 0.625. The predicted octanol–water partition coefficient (Wildman–Crippen LogP) is 0.218. The lowest BCUT2D eigenvalue weighted by Gasteiger charge is -2.07. The highest BCUT2D eigenvalue weighted by atomic mass is 16.4. The second kappa shape index (κ2) is 3.75. The van der Waals surface area contributed by atoms with Crippen LogP contribution in [0.2, 0.25) is 0 Å². The molecule has 1 amide bonds. The SMILES string of the molecule is C[C@@H](NC(=O)c1cc[nH]c1)C(=O)O. The molecule has 5 heteroatoms. The smallest absolute Gasteiger partial charge is 0.325 e. The van der Waals surface area contributed by atoms with Crippen molar-refractivity contribution in [2.24, 2.45) is 0 Å². The predicted molar refractivity (Wildman–Crippen MR) is 45.4 cm³/mol. The zero-order valence-electron chi connectivity index (χ0n) is 7.07. The van der Waals surface area contributed by atoms with Crippen LogP contribution in [0.3, 0.4) is 0 Å². The van der Waals surface area contributed by atoms with Crippen LogP contribution in [0.15, 0.2) is 18.5 Å². The number of carbonyl (C=O) groups excluding carboxylic acids is 1. The van der Waals surface area contributed by atoms with Crippen LogP contribution in [-0.4, -0.2) is 28.0 Å². The number of aromatic amines is 1. The summed E-state index contributed by atoms with van der Waals surface area (Å²) < 4.78 is 0. The number of amides is 1. The van der Waals surface area contributed by atoms with Gasteiger partial charge in [0.2, 0.25) is 0 Å². The number of hydrogen-bond donors (Lipinski definition) is 3. The Morgan fingerprint density at radius 1 is 1.62 bits per heavy atom. The lowest BCUT2D eigenvalue weighted by molar-refractivity contribution is -0.138. The Balaban J connectivity index is 2.56. The van der Waals surface area contributed by atoms with Crippen LogP contribution in [0.25, 0.3) is 0 Å². The zero-order chi connectivity index (χ0) is 9.84. The van der Waals surface area contributed by atoms with Crippen molar-refractivity contribution in [2.75, 3.05) is 0 Å². The molecule has 1 aromatic rings. The summed E-state index contributed by atoms with van der Waals surface area (Å²) in [5.41, 5.74) is 0.424. The van der Waals surface area contributed by atoms with Crippen molar-refractivity contribution in [1.29, 1.82) is 0 Å². The summed E-state index contributed by atoms with van der Waals surface area (Å²) in [6, 6.07) is 0.701. The molecule has 13 heavy (non-hydrogen) atoms. The topological polar surface area (TPSA) is 82.2 Å². The van der Waals surface area contributed by atoms with Crippen LogP contribution in [0, 0.1) is 0 Å². The third-order valence-corrected chi connectivity index (χ3v) is 1.58. The molecular weight excluding hydrogens is 172 g/mol. The molecule has 1 atom stereocenters. The summed E-state index contributed by atoms with van der Waals surface area (Å²) in [7, 11) is 0. The van der Waals surface area contributed by atoms with Crippen molar-refractivity contribution in [2.45, 2.75) is 13.0 Å². The number of carboxylic acid groups (broad SMARTS) is 1. The number of aliphatic carboxylic acids is 1. The molecule has 0 unspecified atom stereocenters. The molecule has 0 saturated carbocycles. The number of hydrogen-bond acceptors (Lipinski definition) is 2. The van der Waals surface area contributed by atoms with E-state index in [-0.39, 0.29) is 0 Å². The number of carboxylic acids is 1. The lowest BCUT2D eigenvalue weighted by Crippen LogP contribution is -2.38. The average Bonchev–Trinajstić information content (AvgIpc) is 2.55. The van der Waals surface area contributed by atoms with Gasteiger partial charge in [0.05, 0.1) is 5.56 Å². The summed E-state index contributed by atoms with van der Waals surface area (Å²) in [6.07, 6.45) is 3.10. The van der Waals surface area contributed by atoms with Gasteiger partial charge in [-0.1, -0.05) is 0 Å². The van der Waals surface area contributed by atoms with Gasteiger partial charge in [-0.2, -0.15) is 0 Å². The number of H-pyrrole nitrogens is 1. The number of rotatable bonds is 3. The fraction of sp³-hybridized carbons (Fsp3) is 0.250. The maximum atomic E-state index is 11.2. The molecule has 0 bridgehead atoms. The Morgan fingerprint density at radius 2 is 2.31 bits per heavy atom.